The lowest BCUT2D eigenvalue weighted by Gasteiger charge is -2.20. The summed E-state index contributed by atoms with van der Waals surface area (Å²) in [5, 5.41) is 0. The van der Waals surface area contributed by atoms with E-state index in [1.54, 1.807) is 12.3 Å². The molecule has 1 saturated heterocycles. The SMILES string of the molecule is Cc1ccnc(N2C(=O)CC3(CCCC3)C2=O)c1. The topological polar surface area (TPSA) is 50.3 Å². The molecule has 4 nitrogen and oxygen atoms in total. The molecule has 4 heteroatoms. The summed E-state index contributed by atoms with van der Waals surface area (Å²) >= 11 is 0. The Balaban J connectivity index is 1.98. The first kappa shape index (κ1) is 11.4. The van der Waals surface area contributed by atoms with Crippen LogP contribution in [0.2, 0.25) is 0 Å². The van der Waals surface area contributed by atoms with E-state index in [4.69, 9.17) is 0 Å². The molecule has 1 aliphatic carbocycles. The number of rotatable bonds is 1. The predicted molar refractivity (Wildman–Crippen MR) is 67.0 cm³/mol. The van der Waals surface area contributed by atoms with E-state index >= 15 is 0 Å². The number of carbonyl (C=O) groups excluding carboxylic acids is 2. The molecule has 94 valence electrons. The minimum absolute atomic E-state index is 0.0388. The van der Waals surface area contributed by atoms with Crippen molar-refractivity contribution >= 4 is 17.6 Å². The molecule has 2 aliphatic rings. The molecule has 2 fully saturated rings. The minimum Gasteiger partial charge on any atom is -0.274 e. The van der Waals surface area contributed by atoms with Crippen LogP contribution in [0.4, 0.5) is 5.82 Å². The largest absolute Gasteiger partial charge is 0.274 e. The molecule has 3 rings (SSSR count). The molecular weight excluding hydrogens is 228 g/mol. The molecule has 18 heavy (non-hydrogen) atoms. The summed E-state index contributed by atoms with van der Waals surface area (Å²) in [5.41, 5.74) is 0.593. The predicted octanol–water partition coefficient (Wildman–Crippen LogP) is 2.21. The number of anilines is 1. The van der Waals surface area contributed by atoms with Crippen LogP contribution in [0.25, 0.3) is 0 Å². The molecule has 0 N–H and O–H groups in total. The summed E-state index contributed by atoms with van der Waals surface area (Å²) in [5.74, 6) is 0.344. The first-order valence-corrected chi connectivity index (χ1v) is 6.42. The van der Waals surface area contributed by atoms with Crippen LogP contribution >= 0.6 is 0 Å². The van der Waals surface area contributed by atoms with Crippen molar-refractivity contribution in [2.24, 2.45) is 5.41 Å². The number of hydrogen-bond donors (Lipinski definition) is 0. The maximum Gasteiger partial charge on any atom is 0.241 e. The molecule has 1 aromatic rings. The van der Waals surface area contributed by atoms with Gasteiger partial charge >= 0.3 is 0 Å². The van der Waals surface area contributed by atoms with Gasteiger partial charge in [0.05, 0.1) is 5.41 Å². The second-order valence-corrected chi connectivity index (χ2v) is 5.39. The van der Waals surface area contributed by atoms with Crippen LogP contribution in [-0.4, -0.2) is 16.8 Å². The van der Waals surface area contributed by atoms with Crippen LogP contribution in [0, 0.1) is 12.3 Å². The number of aryl methyl sites for hydroxylation is 1. The maximum absolute atomic E-state index is 12.5. The zero-order valence-corrected chi connectivity index (χ0v) is 10.5. The van der Waals surface area contributed by atoms with Crippen LogP contribution in [0.15, 0.2) is 18.3 Å². The molecular formula is C14H16N2O2. The second kappa shape index (κ2) is 3.90. The van der Waals surface area contributed by atoms with Crippen molar-refractivity contribution in [1.29, 1.82) is 0 Å². The van der Waals surface area contributed by atoms with Crippen LogP contribution in [0.5, 0.6) is 0 Å². The van der Waals surface area contributed by atoms with Gasteiger partial charge in [0.25, 0.3) is 0 Å². The van der Waals surface area contributed by atoms with Gasteiger partial charge in [-0.25, -0.2) is 9.88 Å². The van der Waals surface area contributed by atoms with E-state index in [1.165, 1.54) is 4.90 Å². The average molecular weight is 244 g/mol. The van der Waals surface area contributed by atoms with Crippen LogP contribution in [0.3, 0.4) is 0 Å². The Bertz CT molecular complexity index is 518. The van der Waals surface area contributed by atoms with Gasteiger partial charge in [-0.1, -0.05) is 12.8 Å². The van der Waals surface area contributed by atoms with E-state index in [-0.39, 0.29) is 11.8 Å². The minimum atomic E-state index is -0.414. The van der Waals surface area contributed by atoms with Crippen molar-refractivity contribution in [2.45, 2.75) is 39.0 Å². The highest BCUT2D eigenvalue weighted by molar-refractivity contribution is 6.22. The van der Waals surface area contributed by atoms with Gasteiger partial charge < -0.3 is 0 Å². The second-order valence-electron chi connectivity index (χ2n) is 5.39. The summed E-state index contributed by atoms with van der Waals surface area (Å²) in [6, 6.07) is 3.66. The Hall–Kier alpha value is -1.71. The lowest BCUT2D eigenvalue weighted by Crippen LogP contribution is -2.34. The zero-order chi connectivity index (χ0) is 12.8. The molecule has 2 amide bonds. The lowest BCUT2D eigenvalue weighted by atomic mass is 9.84. The highest BCUT2D eigenvalue weighted by Crippen LogP contribution is 2.47. The van der Waals surface area contributed by atoms with Gasteiger partial charge in [0.2, 0.25) is 11.8 Å². The van der Waals surface area contributed by atoms with E-state index in [0.717, 1.165) is 31.2 Å². The van der Waals surface area contributed by atoms with Gasteiger partial charge in [0.1, 0.15) is 5.82 Å². The van der Waals surface area contributed by atoms with Gasteiger partial charge in [0, 0.05) is 12.6 Å². The number of nitrogens with zero attached hydrogens (tertiary/aromatic N) is 2. The Labute approximate surface area is 106 Å². The highest BCUT2D eigenvalue weighted by Gasteiger charge is 2.53. The van der Waals surface area contributed by atoms with E-state index in [2.05, 4.69) is 4.98 Å². The third-order valence-corrected chi connectivity index (χ3v) is 4.09. The van der Waals surface area contributed by atoms with Gasteiger partial charge in [-0.2, -0.15) is 0 Å². The van der Waals surface area contributed by atoms with E-state index < -0.39 is 5.41 Å². The third-order valence-electron chi connectivity index (χ3n) is 4.09. The number of carbonyl (C=O) groups is 2. The summed E-state index contributed by atoms with van der Waals surface area (Å²) in [4.78, 5) is 30.1. The number of pyridine rings is 1. The van der Waals surface area contributed by atoms with Crippen LogP contribution in [-0.2, 0) is 9.59 Å². The number of aromatic nitrogens is 1. The smallest absolute Gasteiger partial charge is 0.241 e. The lowest BCUT2D eigenvalue weighted by molar-refractivity contribution is -0.125. The van der Waals surface area contributed by atoms with Gasteiger partial charge in [-0.15, -0.1) is 0 Å². The Morgan fingerprint density at radius 3 is 2.67 bits per heavy atom. The first-order chi connectivity index (χ1) is 8.62. The standard InChI is InChI=1S/C14H16N2O2/c1-10-4-7-15-11(8-10)16-12(17)9-14(13(16)18)5-2-3-6-14/h4,7-8H,2-3,5-6,9H2,1H3. The summed E-state index contributed by atoms with van der Waals surface area (Å²) in [7, 11) is 0. The zero-order valence-electron chi connectivity index (χ0n) is 10.5. The molecule has 2 heterocycles. The van der Waals surface area contributed by atoms with Gasteiger partial charge in [0.15, 0.2) is 0 Å². The monoisotopic (exact) mass is 244 g/mol. The van der Waals surface area contributed by atoms with Gasteiger partial charge in [-0.3, -0.25) is 9.59 Å². The van der Waals surface area contributed by atoms with Crippen LogP contribution in [0.1, 0.15) is 37.7 Å². The summed E-state index contributed by atoms with van der Waals surface area (Å²) in [6.45, 7) is 1.93. The molecule has 0 unspecified atom stereocenters. The van der Waals surface area contributed by atoms with E-state index in [9.17, 15) is 9.59 Å². The normalized spacial score (nSPS) is 22.2. The first-order valence-electron chi connectivity index (χ1n) is 6.42. The van der Waals surface area contributed by atoms with Crippen molar-refractivity contribution in [3.8, 4) is 0 Å². The van der Waals surface area contributed by atoms with E-state index in [0.29, 0.717) is 12.2 Å². The molecule has 0 atom stereocenters. The molecule has 1 aromatic heterocycles. The molecule has 1 saturated carbocycles. The summed E-state index contributed by atoms with van der Waals surface area (Å²) < 4.78 is 0. The van der Waals surface area contributed by atoms with Crippen molar-refractivity contribution in [3.63, 3.8) is 0 Å². The highest BCUT2D eigenvalue weighted by atomic mass is 16.2. The van der Waals surface area contributed by atoms with Crippen molar-refractivity contribution in [1.82, 2.24) is 4.98 Å². The fraction of sp³-hybridized carbons (Fsp3) is 0.500. The average Bonchev–Trinajstić information content (AvgIpc) is 2.87. The quantitative estimate of drug-likeness (QED) is 0.712. The van der Waals surface area contributed by atoms with Crippen LogP contribution < -0.4 is 4.90 Å². The number of amides is 2. The maximum atomic E-state index is 12.5. The fourth-order valence-electron chi connectivity index (χ4n) is 3.11. The third kappa shape index (κ3) is 1.55. The molecule has 0 aromatic carbocycles. The molecule has 0 radical (unpaired) electrons. The molecule has 1 spiro atoms. The Morgan fingerprint density at radius 2 is 2.00 bits per heavy atom. The summed E-state index contributed by atoms with van der Waals surface area (Å²) in [6.07, 6.45) is 5.80. The Morgan fingerprint density at radius 1 is 1.28 bits per heavy atom. The molecule has 0 bridgehead atoms. The number of imide groups is 1. The molecule has 1 aliphatic heterocycles. The Kier molecular flexibility index (Phi) is 2.47. The van der Waals surface area contributed by atoms with Crippen molar-refractivity contribution < 1.29 is 9.59 Å². The van der Waals surface area contributed by atoms with Crippen molar-refractivity contribution in [2.75, 3.05) is 4.90 Å². The van der Waals surface area contributed by atoms with E-state index in [1.807, 2.05) is 13.0 Å². The van der Waals surface area contributed by atoms with Gasteiger partial charge in [-0.05, 0) is 37.5 Å². The van der Waals surface area contributed by atoms with Crippen molar-refractivity contribution in [3.05, 3.63) is 23.9 Å². The number of hydrogen-bond acceptors (Lipinski definition) is 3. The fourth-order valence-corrected chi connectivity index (χ4v) is 3.11.